The van der Waals surface area contributed by atoms with Gasteiger partial charge in [0.15, 0.2) is 11.8 Å². The third-order valence-corrected chi connectivity index (χ3v) is 2.92. The summed E-state index contributed by atoms with van der Waals surface area (Å²) in [5.74, 6) is 0.312. The fourth-order valence-electron chi connectivity index (χ4n) is 1.90. The summed E-state index contributed by atoms with van der Waals surface area (Å²) in [6, 6.07) is 3.05. The van der Waals surface area contributed by atoms with Crippen LogP contribution in [-0.4, -0.2) is 14.8 Å². The van der Waals surface area contributed by atoms with E-state index in [9.17, 15) is 10.2 Å². The van der Waals surface area contributed by atoms with Gasteiger partial charge >= 0.3 is 0 Å². The second-order valence-corrected chi connectivity index (χ2v) is 4.32. The summed E-state index contributed by atoms with van der Waals surface area (Å²) in [6.07, 6.45) is 8.68. The lowest BCUT2D eigenvalue weighted by molar-refractivity contribution is 0.361. The minimum absolute atomic E-state index is 0.156. The van der Waals surface area contributed by atoms with Gasteiger partial charge in [-0.05, 0) is 6.42 Å². The van der Waals surface area contributed by atoms with Crippen LogP contribution in [-0.2, 0) is 6.54 Å². The standard InChI is InChI=1S/C13H23NO2/c1-2-3-4-5-6-7-8-11-14-12(15)9-10-13(14)16/h9-10,15-16H,2-8,11H2,1H3. The summed E-state index contributed by atoms with van der Waals surface area (Å²) in [4.78, 5) is 0. The summed E-state index contributed by atoms with van der Waals surface area (Å²) in [5.41, 5.74) is 0. The van der Waals surface area contributed by atoms with Crippen LogP contribution in [0.15, 0.2) is 12.1 Å². The number of aromatic nitrogens is 1. The van der Waals surface area contributed by atoms with Gasteiger partial charge in [0.1, 0.15) is 0 Å². The van der Waals surface area contributed by atoms with E-state index in [-0.39, 0.29) is 11.8 Å². The van der Waals surface area contributed by atoms with Crippen LogP contribution >= 0.6 is 0 Å². The lowest BCUT2D eigenvalue weighted by Crippen LogP contribution is -1.96. The summed E-state index contributed by atoms with van der Waals surface area (Å²) in [5, 5.41) is 18.8. The van der Waals surface area contributed by atoms with Crippen LogP contribution < -0.4 is 0 Å². The summed E-state index contributed by atoms with van der Waals surface area (Å²) < 4.78 is 1.55. The third kappa shape index (κ3) is 4.17. The van der Waals surface area contributed by atoms with E-state index < -0.39 is 0 Å². The Bertz CT molecular complexity index is 275. The van der Waals surface area contributed by atoms with Gasteiger partial charge < -0.3 is 10.2 Å². The first-order chi connectivity index (χ1) is 7.75. The summed E-state index contributed by atoms with van der Waals surface area (Å²) >= 11 is 0. The number of aromatic hydroxyl groups is 2. The minimum atomic E-state index is 0.156. The predicted octanol–water partition coefficient (Wildman–Crippen LogP) is 3.65. The fourth-order valence-corrected chi connectivity index (χ4v) is 1.90. The maximum Gasteiger partial charge on any atom is 0.193 e. The van der Waals surface area contributed by atoms with Crippen molar-refractivity contribution in [1.82, 2.24) is 4.57 Å². The first kappa shape index (κ1) is 12.9. The summed E-state index contributed by atoms with van der Waals surface area (Å²) in [7, 11) is 0. The van der Waals surface area contributed by atoms with Crippen LogP contribution in [0.25, 0.3) is 0 Å². The SMILES string of the molecule is CCCCCCCCCn1c(O)ccc1O. The molecular weight excluding hydrogens is 202 g/mol. The topological polar surface area (TPSA) is 45.4 Å². The molecule has 0 radical (unpaired) electrons. The Morgan fingerprint density at radius 1 is 0.875 bits per heavy atom. The maximum absolute atomic E-state index is 9.41. The number of hydrogen-bond acceptors (Lipinski definition) is 2. The number of rotatable bonds is 8. The van der Waals surface area contributed by atoms with E-state index in [1.165, 1.54) is 50.7 Å². The lowest BCUT2D eigenvalue weighted by atomic mass is 10.1. The van der Waals surface area contributed by atoms with Crippen molar-refractivity contribution in [2.24, 2.45) is 0 Å². The Balaban J connectivity index is 2.07. The molecule has 0 aliphatic heterocycles. The molecule has 0 spiro atoms. The summed E-state index contributed by atoms with van der Waals surface area (Å²) in [6.45, 7) is 2.93. The first-order valence-electron chi connectivity index (χ1n) is 6.33. The quantitative estimate of drug-likeness (QED) is 0.663. The molecule has 1 heterocycles. The molecule has 16 heavy (non-hydrogen) atoms. The van der Waals surface area contributed by atoms with Crippen LogP contribution in [0, 0.1) is 0 Å². The average Bonchev–Trinajstić information content (AvgIpc) is 2.59. The van der Waals surface area contributed by atoms with Gasteiger partial charge in [-0.25, -0.2) is 0 Å². The van der Waals surface area contributed by atoms with E-state index in [0.717, 1.165) is 6.42 Å². The molecule has 1 rings (SSSR count). The molecule has 0 aliphatic carbocycles. The molecule has 3 heteroatoms. The zero-order chi connectivity index (χ0) is 11.8. The molecule has 92 valence electrons. The molecule has 0 aromatic carbocycles. The van der Waals surface area contributed by atoms with Crippen molar-refractivity contribution in [3.05, 3.63) is 12.1 Å². The zero-order valence-electron chi connectivity index (χ0n) is 10.2. The van der Waals surface area contributed by atoms with Gasteiger partial charge in [0.05, 0.1) is 0 Å². The lowest BCUT2D eigenvalue weighted by Gasteiger charge is -2.06. The van der Waals surface area contributed by atoms with Crippen molar-refractivity contribution < 1.29 is 10.2 Å². The van der Waals surface area contributed by atoms with E-state index in [1.54, 1.807) is 4.57 Å². The molecule has 1 aromatic heterocycles. The molecule has 0 saturated heterocycles. The van der Waals surface area contributed by atoms with E-state index >= 15 is 0 Å². The second kappa shape index (κ2) is 7.20. The third-order valence-electron chi connectivity index (χ3n) is 2.92. The average molecular weight is 225 g/mol. The molecule has 0 unspecified atom stereocenters. The maximum atomic E-state index is 9.41. The van der Waals surface area contributed by atoms with Crippen LogP contribution in [0.3, 0.4) is 0 Å². The van der Waals surface area contributed by atoms with Gasteiger partial charge in [0.2, 0.25) is 0 Å². The molecular formula is C13H23NO2. The molecule has 0 bridgehead atoms. The van der Waals surface area contributed by atoms with Crippen molar-refractivity contribution in [1.29, 1.82) is 0 Å². The number of nitrogens with zero attached hydrogens (tertiary/aromatic N) is 1. The highest BCUT2D eigenvalue weighted by Gasteiger charge is 2.04. The van der Waals surface area contributed by atoms with Crippen LogP contribution in [0.1, 0.15) is 51.9 Å². The minimum Gasteiger partial charge on any atom is -0.494 e. The van der Waals surface area contributed by atoms with Crippen molar-refractivity contribution in [2.75, 3.05) is 0 Å². The molecule has 0 amide bonds. The fraction of sp³-hybridized carbons (Fsp3) is 0.692. The van der Waals surface area contributed by atoms with E-state index in [4.69, 9.17) is 0 Å². The Labute approximate surface area is 97.7 Å². The predicted molar refractivity (Wildman–Crippen MR) is 65.8 cm³/mol. The van der Waals surface area contributed by atoms with Crippen molar-refractivity contribution >= 4 is 0 Å². The van der Waals surface area contributed by atoms with Crippen LogP contribution in [0.5, 0.6) is 11.8 Å². The molecule has 2 N–H and O–H groups in total. The zero-order valence-corrected chi connectivity index (χ0v) is 10.2. The largest absolute Gasteiger partial charge is 0.494 e. The normalized spacial score (nSPS) is 10.8. The molecule has 0 fully saturated rings. The number of hydrogen-bond donors (Lipinski definition) is 2. The Morgan fingerprint density at radius 2 is 1.38 bits per heavy atom. The van der Waals surface area contributed by atoms with Gasteiger partial charge in [0, 0.05) is 18.7 Å². The Morgan fingerprint density at radius 3 is 1.94 bits per heavy atom. The molecule has 0 aliphatic rings. The Kier molecular flexibility index (Phi) is 5.83. The first-order valence-corrected chi connectivity index (χ1v) is 6.33. The molecule has 1 aromatic rings. The Hall–Kier alpha value is -1.12. The smallest absolute Gasteiger partial charge is 0.193 e. The van der Waals surface area contributed by atoms with Crippen LogP contribution in [0.4, 0.5) is 0 Å². The van der Waals surface area contributed by atoms with Gasteiger partial charge in [-0.2, -0.15) is 0 Å². The monoisotopic (exact) mass is 225 g/mol. The van der Waals surface area contributed by atoms with Gasteiger partial charge in [-0.15, -0.1) is 0 Å². The molecule has 0 saturated carbocycles. The van der Waals surface area contributed by atoms with Crippen molar-refractivity contribution in [3.63, 3.8) is 0 Å². The van der Waals surface area contributed by atoms with Crippen molar-refractivity contribution in [3.8, 4) is 11.8 Å². The van der Waals surface area contributed by atoms with Gasteiger partial charge in [-0.1, -0.05) is 45.4 Å². The van der Waals surface area contributed by atoms with E-state index in [1.807, 2.05) is 0 Å². The van der Waals surface area contributed by atoms with Crippen LogP contribution in [0.2, 0.25) is 0 Å². The highest BCUT2D eigenvalue weighted by molar-refractivity contribution is 5.23. The van der Waals surface area contributed by atoms with E-state index in [2.05, 4.69) is 6.92 Å². The highest BCUT2D eigenvalue weighted by atomic mass is 16.3. The van der Waals surface area contributed by atoms with Crippen molar-refractivity contribution in [2.45, 2.75) is 58.4 Å². The molecule has 3 nitrogen and oxygen atoms in total. The van der Waals surface area contributed by atoms with Gasteiger partial charge in [0.25, 0.3) is 0 Å². The van der Waals surface area contributed by atoms with Gasteiger partial charge in [-0.3, -0.25) is 4.57 Å². The second-order valence-electron chi connectivity index (χ2n) is 4.32. The molecule has 0 atom stereocenters. The van der Waals surface area contributed by atoms with E-state index in [0.29, 0.717) is 6.54 Å². The highest BCUT2D eigenvalue weighted by Crippen LogP contribution is 2.21. The number of unbranched alkanes of at least 4 members (excludes halogenated alkanes) is 6.